The van der Waals surface area contributed by atoms with Crippen LogP contribution < -0.4 is 4.90 Å². The Morgan fingerprint density at radius 3 is 2.29 bits per heavy atom. The van der Waals surface area contributed by atoms with Gasteiger partial charge in [0.25, 0.3) is 5.89 Å². The van der Waals surface area contributed by atoms with Crippen LogP contribution in [0.15, 0.2) is 56.4 Å². The van der Waals surface area contributed by atoms with Gasteiger partial charge >= 0.3 is 6.18 Å². The molecule has 12 heteroatoms. The van der Waals surface area contributed by atoms with Crippen LogP contribution in [0.5, 0.6) is 0 Å². The van der Waals surface area contributed by atoms with Gasteiger partial charge in [0.05, 0.1) is 16.7 Å². The van der Waals surface area contributed by atoms with Gasteiger partial charge in [-0.1, -0.05) is 0 Å². The van der Waals surface area contributed by atoms with Crippen LogP contribution in [0.25, 0.3) is 11.7 Å². The zero-order valence-electron chi connectivity index (χ0n) is 15.8. The average Bonchev–Trinajstić information content (AvgIpc) is 3.43. The third kappa shape index (κ3) is 4.01. The quantitative estimate of drug-likeness (QED) is 0.598. The molecule has 1 saturated heterocycles. The Hall–Kier alpha value is -3.30. The highest BCUT2D eigenvalue weighted by Crippen LogP contribution is 2.32. The van der Waals surface area contributed by atoms with Crippen LogP contribution >= 0.6 is 0 Å². The highest BCUT2D eigenvalue weighted by Gasteiger charge is 2.33. The summed E-state index contributed by atoms with van der Waals surface area (Å²) in [5.74, 6) is 0.697. The van der Waals surface area contributed by atoms with Crippen molar-refractivity contribution in [3.8, 4) is 17.7 Å². The molecule has 1 fully saturated rings. The van der Waals surface area contributed by atoms with Crippen molar-refractivity contribution in [2.75, 3.05) is 31.1 Å². The van der Waals surface area contributed by atoms with E-state index in [4.69, 9.17) is 8.83 Å². The maximum Gasteiger partial charge on any atom is 0.416 e. The number of halogens is 3. The minimum atomic E-state index is -4.54. The molecule has 31 heavy (non-hydrogen) atoms. The normalized spacial score (nSPS) is 15.7. The number of rotatable bonds is 4. The van der Waals surface area contributed by atoms with E-state index in [0.717, 1.165) is 24.3 Å². The fraction of sp³-hybridized carbons (Fsp3) is 0.263. The number of anilines is 1. The van der Waals surface area contributed by atoms with Gasteiger partial charge in [-0.25, -0.2) is 8.42 Å². The number of sulfonamides is 1. The third-order valence-corrected chi connectivity index (χ3v) is 6.71. The first-order valence-electron chi connectivity index (χ1n) is 9.07. The van der Waals surface area contributed by atoms with Gasteiger partial charge < -0.3 is 13.7 Å². The van der Waals surface area contributed by atoms with Crippen LogP contribution in [0.3, 0.4) is 0 Å². The third-order valence-electron chi connectivity index (χ3n) is 4.79. The first kappa shape index (κ1) is 21.0. The molecule has 0 aliphatic carbocycles. The smallest absolute Gasteiger partial charge is 0.416 e. The maximum absolute atomic E-state index is 12.8. The lowest BCUT2D eigenvalue weighted by Gasteiger charge is -2.33. The van der Waals surface area contributed by atoms with Crippen molar-refractivity contribution in [3.05, 3.63) is 53.9 Å². The monoisotopic (exact) mass is 452 g/mol. The van der Waals surface area contributed by atoms with Crippen molar-refractivity contribution >= 4 is 15.9 Å². The molecule has 1 aliphatic rings. The molecule has 0 unspecified atom stereocenters. The fourth-order valence-electron chi connectivity index (χ4n) is 3.20. The molecular formula is C19H15F3N4O4S. The van der Waals surface area contributed by atoms with Crippen LogP contribution in [0.2, 0.25) is 0 Å². The Labute approximate surface area is 175 Å². The molecular weight excluding hydrogens is 437 g/mol. The van der Waals surface area contributed by atoms with E-state index in [1.165, 1.54) is 10.6 Å². The van der Waals surface area contributed by atoms with Crippen molar-refractivity contribution in [1.82, 2.24) is 9.29 Å². The number of alkyl halides is 3. The second-order valence-corrected chi connectivity index (χ2v) is 8.61. The lowest BCUT2D eigenvalue weighted by molar-refractivity contribution is -0.137. The van der Waals surface area contributed by atoms with Gasteiger partial charge in [-0.3, -0.25) is 0 Å². The van der Waals surface area contributed by atoms with Gasteiger partial charge in [-0.05, 0) is 36.4 Å². The van der Waals surface area contributed by atoms with Crippen molar-refractivity contribution < 1.29 is 30.4 Å². The molecule has 1 aromatic carbocycles. The van der Waals surface area contributed by atoms with Gasteiger partial charge in [-0.2, -0.15) is 27.7 Å². The molecule has 3 heterocycles. The van der Waals surface area contributed by atoms with E-state index in [0.29, 0.717) is 5.76 Å². The predicted molar refractivity (Wildman–Crippen MR) is 101 cm³/mol. The summed E-state index contributed by atoms with van der Waals surface area (Å²) < 4.78 is 75.8. The van der Waals surface area contributed by atoms with Gasteiger partial charge in [0.2, 0.25) is 21.6 Å². The Kier molecular flexibility index (Phi) is 5.24. The molecule has 0 N–H and O–H groups in total. The fourth-order valence-corrected chi connectivity index (χ4v) is 4.62. The number of nitriles is 1. The number of hydrogen-bond donors (Lipinski definition) is 0. The summed E-state index contributed by atoms with van der Waals surface area (Å²) in [6.07, 6.45) is -3.10. The number of aromatic nitrogens is 1. The summed E-state index contributed by atoms with van der Waals surface area (Å²) >= 11 is 0. The minimum absolute atomic E-state index is 0.0467. The van der Waals surface area contributed by atoms with Gasteiger partial charge in [0.1, 0.15) is 6.07 Å². The van der Waals surface area contributed by atoms with Crippen LogP contribution in [0.4, 0.5) is 19.1 Å². The second kappa shape index (κ2) is 7.75. The van der Waals surface area contributed by atoms with Crippen LogP contribution in [-0.2, 0) is 16.2 Å². The lowest BCUT2D eigenvalue weighted by atomic mass is 10.2. The lowest BCUT2D eigenvalue weighted by Crippen LogP contribution is -2.48. The molecule has 2 aromatic heterocycles. The second-order valence-electron chi connectivity index (χ2n) is 6.68. The zero-order chi connectivity index (χ0) is 22.2. The van der Waals surface area contributed by atoms with E-state index in [1.807, 2.05) is 6.07 Å². The Morgan fingerprint density at radius 2 is 1.74 bits per heavy atom. The van der Waals surface area contributed by atoms with E-state index in [2.05, 4.69) is 4.98 Å². The van der Waals surface area contributed by atoms with Gasteiger partial charge in [-0.15, -0.1) is 0 Å². The maximum atomic E-state index is 12.8. The molecule has 3 aromatic rings. The number of piperazine rings is 1. The first-order valence-corrected chi connectivity index (χ1v) is 10.5. The van der Waals surface area contributed by atoms with Gasteiger partial charge in [0.15, 0.2) is 5.76 Å². The molecule has 4 rings (SSSR count). The summed E-state index contributed by atoms with van der Waals surface area (Å²) in [6.45, 7) is 0.540. The van der Waals surface area contributed by atoms with E-state index in [1.54, 1.807) is 17.0 Å². The standard InChI is InChI=1S/C19H15F3N4O4S/c20-19(21,22)13-3-5-14(6-4-13)31(27,28)26-9-7-25(8-10-26)18-15(12-23)24-17(30-18)16-2-1-11-29-16/h1-6,11H,7-10H2. The molecule has 0 bridgehead atoms. The summed E-state index contributed by atoms with van der Waals surface area (Å²) in [7, 11) is -3.96. The molecule has 0 atom stereocenters. The van der Waals surface area contributed by atoms with Gasteiger partial charge in [0, 0.05) is 26.2 Å². The van der Waals surface area contributed by atoms with Crippen LogP contribution in [0.1, 0.15) is 11.3 Å². The predicted octanol–water partition coefficient (Wildman–Crippen LogP) is 3.34. The highest BCUT2D eigenvalue weighted by atomic mass is 32.2. The molecule has 0 spiro atoms. The van der Waals surface area contributed by atoms with Crippen molar-refractivity contribution in [2.45, 2.75) is 11.1 Å². The topological polar surface area (TPSA) is 104 Å². The Morgan fingerprint density at radius 1 is 1.06 bits per heavy atom. The van der Waals surface area contributed by atoms with E-state index >= 15 is 0 Å². The Balaban J connectivity index is 1.49. The Bertz CT molecular complexity index is 1200. The molecule has 8 nitrogen and oxygen atoms in total. The van der Waals surface area contributed by atoms with E-state index < -0.39 is 21.8 Å². The minimum Gasteiger partial charge on any atom is -0.459 e. The van der Waals surface area contributed by atoms with Crippen LogP contribution in [0, 0.1) is 11.3 Å². The summed E-state index contributed by atoms with van der Waals surface area (Å²) in [4.78, 5) is 5.58. The number of nitrogens with zero attached hydrogens (tertiary/aromatic N) is 4. The molecule has 0 amide bonds. The number of oxazole rings is 1. The number of benzene rings is 1. The van der Waals surface area contributed by atoms with Crippen molar-refractivity contribution in [2.24, 2.45) is 0 Å². The number of furan rings is 1. The average molecular weight is 452 g/mol. The van der Waals surface area contributed by atoms with Crippen molar-refractivity contribution in [3.63, 3.8) is 0 Å². The number of hydrogen-bond acceptors (Lipinski definition) is 7. The summed E-state index contributed by atoms with van der Waals surface area (Å²) in [5, 5.41) is 9.35. The summed E-state index contributed by atoms with van der Waals surface area (Å²) in [6, 6.07) is 8.61. The van der Waals surface area contributed by atoms with Crippen molar-refractivity contribution in [1.29, 1.82) is 5.26 Å². The summed E-state index contributed by atoms with van der Waals surface area (Å²) in [5.41, 5.74) is -0.872. The molecule has 1 aliphatic heterocycles. The molecule has 0 radical (unpaired) electrons. The van der Waals surface area contributed by atoms with E-state index in [9.17, 15) is 26.9 Å². The van der Waals surface area contributed by atoms with Crippen LogP contribution in [-0.4, -0.2) is 43.9 Å². The largest absolute Gasteiger partial charge is 0.459 e. The first-order chi connectivity index (χ1) is 14.7. The molecule has 0 saturated carbocycles. The highest BCUT2D eigenvalue weighted by molar-refractivity contribution is 7.89. The molecule has 162 valence electrons. The SMILES string of the molecule is N#Cc1nc(-c2ccco2)oc1N1CCN(S(=O)(=O)c2ccc(C(F)(F)F)cc2)CC1. The van der Waals surface area contributed by atoms with E-state index in [-0.39, 0.29) is 48.5 Å². The zero-order valence-corrected chi connectivity index (χ0v) is 16.7.